The topological polar surface area (TPSA) is 90.1 Å². The number of rotatable bonds is 4. The van der Waals surface area contributed by atoms with Gasteiger partial charge in [-0.05, 0) is 62.6 Å². The molecule has 0 bridgehead atoms. The molecule has 5 rings (SSSR count). The van der Waals surface area contributed by atoms with E-state index in [4.69, 9.17) is 9.26 Å². The van der Waals surface area contributed by atoms with Crippen LogP contribution >= 0.6 is 11.3 Å². The van der Waals surface area contributed by atoms with E-state index in [9.17, 15) is 4.79 Å². The van der Waals surface area contributed by atoms with Gasteiger partial charge in [-0.15, -0.1) is 11.3 Å². The molecule has 0 saturated heterocycles. The average Bonchev–Trinajstić information content (AvgIpc) is 3.45. The summed E-state index contributed by atoms with van der Waals surface area (Å²) in [6.07, 6.45) is 1.26. The summed E-state index contributed by atoms with van der Waals surface area (Å²) in [6, 6.07) is 21.5. The van der Waals surface area contributed by atoms with Crippen LogP contribution < -0.4 is 5.32 Å². The standard InChI is InChI=1S/C26H22N4O3S/c1-26(2,3)32-25(31)28-19-10-12-21-18(13-19)14-22(34-21)24-29-23(30-33-24)17-9-11-20(27-15-17)16-7-5-4-6-8-16/h4-15H,1-3H3,(H,28,31). The molecular weight excluding hydrogens is 448 g/mol. The second-order valence-electron chi connectivity index (χ2n) is 8.71. The third-order valence-electron chi connectivity index (χ3n) is 4.89. The molecule has 7 nitrogen and oxygen atoms in total. The van der Waals surface area contributed by atoms with E-state index in [2.05, 4.69) is 20.4 Å². The normalized spacial score (nSPS) is 11.5. The van der Waals surface area contributed by atoms with Crippen molar-refractivity contribution < 1.29 is 14.1 Å². The van der Waals surface area contributed by atoms with Gasteiger partial charge >= 0.3 is 6.09 Å². The van der Waals surface area contributed by atoms with Gasteiger partial charge in [-0.1, -0.05) is 35.5 Å². The number of ether oxygens (including phenoxy) is 1. The van der Waals surface area contributed by atoms with Crippen LogP contribution in [0.2, 0.25) is 0 Å². The average molecular weight is 471 g/mol. The number of anilines is 1. The summed E-state index contributed by atoms with van der Waals surface area (Å²) in [5, 5.41) is 7.86. The highest BCUT2D eigenvalue weighted by molar-refractivity contribution is 7.22. The van der Waals surface area contributed by atoms with Crippen molar-refractivity contribution in [1.29, 1.82) is 0 Å². The fourth-order valence-corrected chi connectivity index (χ4v) is 4.36. The maximum Gasteiger partial charge on any atom is 0.412 e. The summed E-state index contributed by atoms with van der Waals surface area (Å²) in [4.78, 5) is 22.0. The lowest BCUT2D eigenvalue weighted by Gasteiger charge is -2.19. The van der Waals surface area contributed by atoms with Crippen LogP contribution in [0.25, 0.3) is 43.5 Å². The van der Waals surface area contributed by atoms with Crippen molar-refractivity contribution in [3.63, 3.8) is 0 Å². The third-order valence-corrected chi connectivity index (χ3v) is 5.99. The van der Waals surface area contributed by atoms with E-state index in [0.717, 1.165) is 31.8 Å². The molecule has 3 heterocycles. The van der Waals surface area contributed by atoms with Gasteiger partial charge in [-0.25, -0.2) is 4.79 Å². The lowest BCUT2D eigenvalue weighted by atomic mass is 10.1. The molecular formula is C26H22N4O3S. The molecule has 5 aromatic rings. The van der Waals surface area contributed by atoms with Crippen LogP contribution in [0.3, 0.4) is 0 Å². The Kier molecular flexibility index (Phi) is 5.59. The van der Waals surface area contributed by atoms with Gasteiger partial charge in [0.2, 0.25) is 5.82 Å². The van der Waals surface area contributed by atoms with E-state index >= 15 is 0 Å². The number of thiophene rings is 1. The quantitative estimate of drug-likeness (QED) is 0.303. The molecule has 0 fully saturated rings. The van der Waals surface area contributed by atoms with Crippen LogP contribution in [-0.2, 0) is 4.74 Å². The molecule has 0 atom stereocenters. The molecule has 1 amide bonds. The summed E-state index contributed by atoms with van der Waals surface area (Å²) in [5.41, 5.74) is 2.81. The van der Waals surface area contributed by atoms with Crippen LogP contribution in [0.4, 0.5) is 10.5 Å². The Morgan fingerprint density at radius 3 is 2.56 bits per heavy atom. The van der Waals surface area contributed by atoms with Gasteiger partial charge < -0.3 is 9.26 Å². The first-order valence-corrected chi connectivity index (χ1v) is 11.6. The number of pyridine rings is 1. The summed E-state index contributed by atoms with van der Waals surface area (Å²) < 4.78 is 11.9. The highest BCUT2D eigenvalue weighted by atomic mass is 32.1. The van der Waals surface area contributed by atoms with Crippen molar-refractivity contribution in [2.45, 2.75) is 26.4 Å². The van der Waals surface area contributed by atoms with Crippen LogP contribution in [0.5, 0.6) is 0 Å². The molecule has 170 valence electrons. The number of nitrogens with one attached hydrogen (secondary N) is 1. The van der Waals surface area contributed by atoms with Crippen molar-refractivity contribution in [2.75, 3.05) is 5.32 Å². The predicted octanol–water partition coefficient (Wildman–Crippen LogP) is 7.03. The molecule has 2 aromatic carbocycles. The van der Waals surface area contributed by atoms with Gasteiger partial charge in [0.15, 0.2) is 0 Å². The first-order valence-electron chi connectivity index (χ1n) is 10.7. The van der Waals surface area contributed by atoms with Crippen LogP contribution in [0.1, 0.15) is 20.8 Å². The number of nitrogens with zero attached hydrogens (tertiary/aromatic N) is 3. The Bertz CT molecular complexity index is 1450. The molecule has 0 unspecified atom stereocenters. The number of hydrogen-bond acceptors (Lipinski definition) is 7. The highest BCUT2D eigenvalue weighted by Gasteiger charge is 2.17. The molecule has 8 heteroatoms. The molecule has 0 aliphatic carbocycles. The number of carbonyl (C=O) groups is 1. The molecule has 0 spiro atoms. The van der Waals surface area contributed by atoms with Gasteiger partial charge in [0.1, 0.15) is 5.60 Å². The van der Waals surface area contributed by atoms with E-state index in [1.54, 1.807) is 17.5 Å². The van der Waals surface area contributed by atoms with E-state index in [-0.39, 0.29) is 0 Å². The van der Waals surface area contributed by atoms with Crippen molar-refractivity contribution in [1.82, 2.24) is 15.1 Å². The smallest absolute Gasteiger partial charge is 0.412 e. The van der Waals surface area contributed by atoms with Crippen LogP contribution in [0, 0.1) is 0 Å². The maximum atomic E-state index is 12.1. The lowest BCUT2D eigenvalue weighted by Crippen LogP contribution is -2.27. The number of fused-ring (bicyclic) bond motifs is 1. The van der Waals surface area contributed by atoms with Crippen LogP contribution in [0.15, 0.2) is 77.4 Å². The predicted molar refractivity (Wildman–Crippen MR) is 134 cm³/mol. The van der Waals surface area contributed by atoms with Crippen molar-refractivity contribution in [3.8, 4) is 33.4 Å². The van der Waals surface area contributed by atoms with Gasteiger partial charge in [0.25, 0.3) is 5.89 Å². The zero-order valence-corrected chi connectivity index (χ0v) is 19.7. The van der Waals surface area contributed by atoms with Gasteiger partial charge in [-0.2, -0.15) is 4.98 Å². The number of amides is 1. The Hall–Kier alpha value is -4.04. The van der Waals surface area contributed by atoms with E-state index in [1.165, 1.54) is 0 Å². The van der Waals surface area contributed by atoms with Crippen molar-refractivity contribution in [2.24, 2.45) is 0 Å². The number of carbonyl (C=O) groups excluding carboxylic acids is 1. The minimum Gasteiger partial charge on any atom is -0.444 e. The summed E-state index contributed by atoms with van der Waals surface area (Å²) >= 11 is 1.54. The molecule has 34 heavy (non-hydrogen) atoms. The third kappa shape index (κ3) is 4.82. The fourth-order valence-electron chi connectivity index (χ4n) is 3.39. The number of hydrogen-bond donors (Lipinski definition) is 1. The monoisotopic (exact) mass is 470 g/mol. The van der Waals surface area contributed by atoms with E-state index in [0.29, 0.717) is 17.4 Å². The fraction of sp³-hybridized carbons (Fsp3) is 0.154. The van der Waals surface area contributed by atoms with Crippen molar-refractivity contribution in [3.05, 3.63) is 72.9 Å². The summed E-state index contributed by atoms with van der Waals surface area (Å²) in [6.45, 7) is 5.48. The maximum absolute atomic E-state index is 12.1. The first-order chi connectivity index (χ1) is 16.3. The van der Waals surface area contributed by atoms with Crippen LogP contribution in [-0.4, -0.2) is 26.8 Å². The molecule has 3 aromatic heterocycles. The molecule has 0 aliphatic rings. The summed E-state index contributed by atoms with van der Waals surface area (Å²) in [7, 11) is 0. The molecule has 0 radical (unpaired) electrons. The highest BCUT2D eigenvalue weighted by Crippen LogP contribution is 2.35. The first kappa shape index (κ1) is 21.8. The zero-order valence-electron chi connectivity index (χ0n) is 18.9. The number of aromatic nitrogens is 3. The van der Waals surface area contributed by atoms with Gasteiger partial charge in [-0.3, -0.25) is 10.3 Å². The zero-order chi connectivity index (χ0) is 23.7. The SMILES string of the molecule is CC(C)(C)OC(=O)Nc1ccc2sc(-c3nc(-c4ccc(-c5ccccc5)nc4)no3)cc2c1. The Morgan fingerprint density at radius 2 is 1.82 bits per heavy atom. The lowest BCUT2D eigenvalue weighted by molar-refractivity contribution is 0.0636. The Morgan fingerprint density at radius 1 is 1.00 bits per heavy atom. The van der Waals surface area contributed by atoms with E-state index < -0.39 is 11.7 Å². The van der Waals surface area contributed by atoms with Gasteiger partial charge in [0, 0.05) is 27.7 Å². The number of benzene rings is 2. The summed E-state index contributed by atoms with van der Waals surface area (Å²) in [5.74, 6) is 0.914. The molecule has 0 saturated carbocycles. The van der Waals surface area contributed by atoms with E-state index in [1.807, 2.05) is 87.5 Å². The molecule has 0 aliphatic heterocycles. The minimum absolute atomic E-state index is 0.435. The van der Waals surface area contributed by atoms with Crippen molar-refractivity contribution >= 4 is 33.2 Å². The minimum atomic E-state index is -0.559. The second kappa shape index (κ2) is 8.72. The molecule has 1 N–H and O–H groups in total. The Labute approximate surface area is 200 Å². The largest absolute Gasteiger partial charge is 0.444 e. The Balaban J connectivity index is 1.35. The second-order valence-corrected chi connectivity index (χ2v) is 9.80. The van der Waals surface area contributed by atoms with Gasteiger partial charge in [0.05, 0.1) is 10.6 Å².